The summed E-state index contributed by atoms with van der Waals surface area (Å²) in [4.78, 5) is 16.7. The van der Waals surface area contributed by atoms with Crippen LogP contribution in [-0.4, -0.2) is 22.1 Å². The minimum Gasteiger partial charge on any atom is -0.484 e. The van der Waals surface area contributed by atoms with Gasteiger partial charge in [-0.25, -0.2) is 9.37 Å². The van der Waals surface area contributed by atoms with Crippen molar-refractivity contribution in [3.63, 3.8) is 0 Å². The van der Waals surface area contributed by atoms with Gasteiger partial charge in [-0.2, -0.15) is 5.26 Å². The second-order valence-corrected chi connectivity index (χ2v) is 5.88. The number of hydrogen-bond acceptors (Lipinski definition) is 4. The van der Waals surface area contributed by atoms with Crippen LogP contribution in [-0.2, 0) is 11.8 Å². The molecule has 136 valence electrons. The molecule has 0 fully saturated rings. The summed E-state index contributed by atoms with van der Waals surface area (Å²) in [6.45, 7) is -0.220. The second-order valence-electron chi connectivity index (χ2n) is 5.88. The summed E-state index contributed by atoms with van der Waals surface area (Å²) in [5.41, 5.74) is 1.09. The number of imidazole rings is 1. The van der Waals surface area contributed by atoms with Gasteiger partial charge in [0.05, 0.1) is 11.6 Å². The highest BCUT2D eigenvalue weighted by molar-refractivity contribution is 5.78. The van der Waals surface area contributed by atoms with Gasteiger partial charge in [0.1, 0.15) is 23.4 Å². The molecule has 27 heavy (non-hydrogen) atoms. The molecule has 2 aromatic carbocycles. The van der Waals surface area contributed by atoms with E-state index >= 15 is 0 Å². The first kappa shape index (κ1) is 18.1. The van der Waals surface area contributed by atoms with Crippen molar-refractivity contribution in [2.24, 2.45) is 7.05 Å². The van der Waals surface area contributed by atoms with Crippen molar-refractivity contribution in [3.8, 4) is 11.8 Å². The monoisotopic (exact) mass is 364 g/mol. The van der Waals surface area contributed by atoms with Gasteiger partial charge in [-0.05, 0) is 42.0 Å². The Kier molecular flexibility index (Phi) is 5.47. The standard InChI is InChI=1S/C20H17FN4O2/c1-25-10-9-23-20(25)19(15-3-2-4-16(21)11-15)24-18(26)13-27-17-7-5-14(12-22)6-8-17/h2-11,19H,13H2,1H3,(H,24,26). The molecule has 0 radical (unpaired) electrons. The molecule has 0 bridgehead atoms. The van der Waals surface area contributed by atoms with Crippen LogP contribution < -0.4 is 10.1 Å². The number of rotatable bonds is 6. The molecule has 1 heterocycles. The van der Waals surface area contributed by atoms with Crippen LogP contribution in [0.4, 0.5) is 4.39 Å². The summed E-state index contributed by atoms with van der Waals surface area (Å²) in [5.74, 6) is 0.280. The SMILES string of the molecule is Cn1ccnc1C(NC(=O)COc1ccc(C#N)cc1)c1cccc(F)c1. The minimum absolute atomic E-state index is 0.220. The Morgan fingerprint density at radius 3 is 2.74 bits per heavy atom. The lowest BCUT2D eigenvalue weighted by Crippen LogP contribution is -2.34. The molecule has 3 aromatic rings. The summed E-state index contributed by atoms with van der Waals surface area (Å²) in [7, 11) is 1.80. The summed E-state index contributed by atoms with van der Waals surface area (Å²) in [6.07, 6.45) is 3.36. The molecule has 0 saturated heterocycles. The lowest BCUT2D eigenvalue weighted by Gasteiger charge is -2.19. The van der Waals surface area contributed by atoms with Crippen molar-refractivity contribution < 1.29 is 13.9 Å². The van der Waals surface area contributed by atoms with Crippen molar-refractivity contribution >= 4 is 5.91 Å². The molecule has 1 aromatic heterocycles. The smallest absolute Gasteiger partial charge is 0.258 e. The number of ether oxygens (including phenoxy) is 1. The van der Waals surface area contributed by atoms with Gasteiger partial charge < -0.3 is 14.6 Å². The van der Waals surface area contributed by atoms with E-state index in [1.807, 2.05) is 6.07 Å². The van der Waals surface area contributed by atoms with Crippen LogP contribution in [0.3, 0.4) is 0 Å². The van der Waals surface area contributed by atoms with E-state index in [9.17, 15) is 9.18 Å². The highest BCUT2D eigenvalue weighted by Gasteiger charge is 2.21. The van der Waals surface area contributed by atoms with Gasteiger partial charge in [-0.15, -0.1) is 0 Å². The molecule has 0 aliphatic rings. The third-order valence-corrected chi connectivity index (χ3v) is 3.96. The molecule has 1 atom stereocenters. The normalized spacial score (nSPS) is 11.4. The third kappa shape index (κ3) is 4.50. The van der Waals surface area contributed by atoms with E-state index in [1.165, 1.54) is 12.1 Å². The summed E-state index contributed by atoms with van der Waals surface area (Å²) < 4.78 is 20.9. The molecule has 0 aliphatic heterocycles. The molecular formula is C20H17FN4O2. The largest absolute Gasteiger partial charge is 0.484 e. The van der Waals surface area contributed by atoms with Gasteiger partial charge in [0, 0.05) is 19.4 Å². The van der Waals surface area contributed by atoms with Crippen molar-refractivity contribution in [2.45, 2.75) is 6.04 Å². The lowest BCUT2D eigenvalue weighted by molar-refractivity contribution is -0.123. The fourth-order valence-electron chi connectivity index (χ4n) is 2.62. The first-order chi connectivity index (χ1) is 13.1. The molecule has 0 aliphatic carbocycles. The first-order valence-corrected chi connectivity index (χ1v) is 8.22. The fourth-order valence-corrected chi connectivity index (χ4v) is 2.62. The van der Waals surface area contributed by atoms with Crippen LogP contribution in [0.1, 0.15) is 23.0 Å². The van der Waals surface area contributed by atoms with E-state index in [0.29, 0.717) is 22.7 Å². The summed E-state index contributed by atoms with van der Waals surface area (Å²) in [5, 5.41) is 11.6. The molecule has 1 unspecified atom stereocenters. The summed E-state index contributed by atoms with van der Waals surface area (Å²) >= 11 is 0. The van der Waals surface area contributed by atoms with Crippen LogP contribution in [0.5, 0.6) is 5.75 Å². The Hall–Kier alpha value is -3.66. The van der Waals surface area contributed by atoms with Crippen LogP contribution in [0.25, 0.3) is 0 Å². The van der Waals surface area contributed by atoms with Crippen molar-refractivity contribution in [3.05, 3.63) is 83.7 Å². The maximum Gasteiger partial charge on any atom is 0.258 e. The van der Waals surface area contributed by atoms with Crippen molar-refractivity contribution in [1.29, 1.82) is 5.26 Å². The zero-order chi connectivity index (χ0) is 19.2. The predicted octanol–water partition coefficient (Wildman–Crippen LogP) is 2.72. The topological polar surface area (TPSA) is 79.9 Å². The quantitative estimate of drug-likeness (QED) is 0.729. The summed E-state index contributed by atoms with van der Waals surface area (Å²) in [6, 6.07) is 13.9. The lowest BCUT2D eigenvalue weighted by atomic mass is 10.1. The highest BCUT2D eigenvalue weighted by atomic mass is 19.1. The number of nitrogens with zero attached hydrogens (tertiary/aromatic N) is 3. The van der Waals surface area contributed by atoms with E-state index < -0.39 is 11.9 Å². The maximum atomic E-state index is 13.7. The van der Waals surface area contributed by atoms with E-state index in [0.717, 1.165) is 0 Å². The number of carbonyl (C=O) groups is 1. The number of halogens is 1. The maximum absolute atomic E-state index is 13.7. The number of nitrogens with one attached hydrogen (secondary N) is 1. The molecule has 1 amide bonds. The fraction of sp³-hybridized carbons (Fsp3) is 0.150. The van der Waals surface area contributed by atoms with Gasteiger partial charge in [-0.1, -0.05) is 12.1 Å². The van der Waals surface area contributed by atoms with Crippen LogP contribution in [0.2, 0.25) is 0 Å². The number of amides is 1. The zero-order valence-electron chi connectivity index (χ0n) is 14.6. The molecule has 0 spiro atoms. The van der Waals surface area contributed by atoms with Crippen molar-refractivity contribution in [1.82, 2.24) is 14.9 Å². The Morgan fingerprint density at radius 1 is 1.33 bits per heavy atom. The second kappa shape index (κ2) is 8.15. The third-order valence-electron chi connectivity index (χ3n) is 3.96. The van der Waals surface area contributed by atoms with Crippen molar-refractivity contribution in [2.75, 3.05) is 6.61 Å². The number of hydrogen-bond donors (Lipinski definition) is 1. The number of aryl methyl sites for hydroxylation is 1. The first-order valence-electron chi connectivity index (χ1n) is 8.22. The van der Waals surface area contributed by atoms with Crippen LogP contribution >= 0.6 is 0 Å². The molecule has 0 saturated carbocycles. The molecule has 7 heteroatoms. The number of aromatic nitrogens is 2. The van der Waals surface area contributed by atoms with Crippen LogP contribution in [0, 0.1) is 17.1 Å². The zero-order valence-corrected chi connectivity index (χ0v) is 14.6. The highest BCUT2D eigenvalue weighted by Crippen LogP contribution is 2.21. The molecular weight excluding hydrogens is 347 g/mol. The van der Waals surface area contributed by atoms with E-state index in [1.54, 1.807) is 60.4 Å². The average molecular weight is 364 g/mol. The Bertz CT molecular complexity index is 976. The van der Waals surface area contributed by atoms with Gasteiger partial charge >= 0.3 is 0 Å². The van der Waals surface area contributed by atoms with E-state index in [2.05, 4.69) is 10.3 Å². The Labute approximate surface area is 155 Å². The average Bonchev–Trinajstić information content (AvgIpc) is 3.10. The number of benzene rings is 2. The Morgan fingerprint density at radius 2 is 2.11 bits per heavy atom. The number of nitriles is 1. The molecule has 6 nitrogen and oxygen atoms in total. The minimum atomic E-state index is -0.613. The Balaban J connectivity index is 1.72. The molecule has 1 N–H and O–H groups in total. The van der Waals surface area contributed by atoms with E-state index in [4.69, 9.17) is 10.00 Å². The van der Waals surface area contributed by atoms with Gasteiger partial charge in [0.25, 0.3) is 5.91 Å². The van der Waals surface area contributed by atoms with Gasteiger partial charge in [0.2, 0.25) is 0 Å². The van der Waals surface area contributed by atoms with E-state index in [-0.39, 0.29) is 12.5 Å². The predicted molar refractivity (Wildman–Crippen MR) is 96.2 cm³/mol. The molecule has 3 rings (SSSR count). The number of carbonyl (C=O) groups excluding carboxylic acids is 1. The van der Waals surface area contributed by atoms with Gasteiger partial charge in [-0.3, -0.25) is 4.79 Å². The van der Waals surface area contributed by atoms with Crippen LogP contribution in [0.15, 0.2) is 60.9 Å². The van der Waals surface area contributed by atoms with Gasteiger partial charge in [0.15, 0.2) is 6.61 Å².